The first-order valence-electron chi connectivity index (χ1n) is 20.5. The fourth-order valence-electron chi connectivity index (χ4n) is 8.17. The maximum atomic E-state index is 14.9. The number of ether oxygens (including phenoxy) is 2. The summed E-state index contributed by atoms with van der Waals surface area (Å²) in [6.07, 6.45) is 2.17. The quantitative estimate of drug-likeness (QED) is 0.100. The Hall–Kier alpha value is -6.57. The van der Waals surface area contributed by atoms with E-state index in [4.69, 9.17) is 19.3 Å². The number of rotatable bonds is 9. The lowest BCUT2D eigenvalue weighted by Gasteiger charge is -2.30. The lowest BCUT2D eigenvalue weighted by Crippen LogP contribution is -2.57. The molecule has 11 nitrogen and oxygen atoms in total. The molecule has 3 aliphatic rings. The first-order chi connectivity index (χ1) is 29.5. The summed E-state index contributed by atoms with van der Waals surface area (Å²) in [6.45, 7) is -0.0159. The van der Waals surface area contributed by atoms with Crippen molar-refractivity contribution in [2.24, 2.45) is 5.92 Å². The van der Waals surface area contributed by atoms with Crippen molar-refractivity contribution in [2.45, 2.75) is 74.8 Å². The fraction of sp³-hybridized carbons (Fsp3) is 0.319. The minimum absolute atomic E-state index is 0.0159. The van der Waals surface area contributed by atoms with Gasteiger partial charge in [-0.3, -0.25) is 14.4 Å². The predicted molar refractivity (Wildman–Crippen MR) is 224 cm³/mol. The largest absolute Gasteiger partial charge is 0.497 e. The Morgan fingerprint density at radius 3 is 2.46 bits per heavy atom. The fourth-order valence-corrected chi connectivity index (χ4v) is 8.17. The summed E-state index contributed by atoms with van der Waals surface area (Å²) in [6, 6.07) is 28.3. The van der Waals surface area contributed by atoms with Gasteiger partial charge in [-0.2, -0.15) is 18.7 Å². The third-order valence-corrected chi connectivity index (χ3v) is 11.5. The average Bonchev–Trinajstić information content (AvgIpc) is 3.80. The van der Waals surface area contributed by atoms with Crippen molar-refractivity contribution in [2.75, 3.05) is 19.0 Å². The molecule has 5 atom stereocenters. The van der Waals surface area contributed by atoms with Crippen LogP contribution in [0.15, 0.2) is 121 Å². The van der Waals surface area contributed by atoms with E-state index in [0.717, 1.165) is 30.5 Å². The third kappa shape index (κ3) is 9.28. The van der Waals surface area contributed by atoms with Gasteiger partial charge in [0, 0.05) is 41.1 Å². The van der Waals surface area contributed by atoms with Gasteiger partial charge in [-0.05, 0) is 68.1 Å². The lowest BCUT2D eigenvalue weighted by atomic mass is 10.0. The molecule has 0 bridgehead atoms. The number of fused-ring (bicyclic) bond motifs is 3. The Bertz CT molecular complexity index is 2420. The summed E-state index contributed by atoms with van der Waals surface area (Å²) in [5.74, 6) is -0.407. The molecule has 2 fully saturated rings. The van der Waals surface area contributed by atoms with Gasteiger partial charge in [0.2, 0.25) is 11.8 Å². The van der Waals surface area contributed by atoms with E-state index in [9.17, 15) is 27.6 Å². The zero-order valence-corrected chi connectivity index (χ0v) is 33.5. The van der Waals surface area contributed by atoms with Crippen LogP contribution < -0.4 is 30.4 Å². The van der Waals surface area contributed by atoms with Crippen LogP contribution in [-0.4, -0.2) is 65.0 Å². The zero-order chi connectivity index (χ0) is 42.6. The summed E-state index contributed by atoms with van der Waals surface area (Å²) in [4.78, 5) is 55.4. The number of aromatic nitrogens is 1. The maximum Gasteiger partial charge on any atom is 0.416 e. The highest BCUT2D eigenvalue weighted by molar-refractivity contribution is 5.98. The molecule has 3 N–H and O–H groups in total. The molecule has 1 saturated carbocycles. The van der Waals surface area contributed by atoms with E-state index in [1.807, 2.05) is 60.7 Å². The number of anilines is 1. The van der Waals surface area contributed by atoms with Gasteiger partial charge in [0.15, 0.2) is 5.75 Å². The van der Waals surface area contributed by atoms with Crippen molar-refractivity contribution in [3.05, 3.63) is 127 Å². The van der Waals surface area contributed by atoms with Gasteiger partial charge in [0.1, 0.15) is 35.2 Å². The number of pyridine rings is 1. The van der Waals surface area contributed by atoms with Gasteiger partial charge in [-0.25, -0.2) is 4.98 Å². The monoisotopic (exact) mass is 833 g/mol. The SMILES string of the molecule is COc1ccc2c(O[C@@H]3C[C@H]4C(=O)N[C@]5(C(=O)NOc6ccccc6)C[C@@H]5/C=C\CCCCC[C@H](Nc5cccc(C(F)(F)F)c5)C(=O)N4C3)cc(-c3ccccc3)nc2c1. The Kier molecular flexibility index (Phi) is 11.9. The number of allylic oxidation sites excluding steroid dienone is 1. The topological polar surface area (TPSA) is 131 Å². The standard InChI is InChI=1S/C47H46F3N5O6/c1-59-35-22-23-37-40(25-35)52-39(30-14-7-5-8-15-30)27-42(37)60-36-26-41-43(56)53-46(45(58)54-61-34-19-10-6-11-20-34)28-32(46)16-9-3-2-4-12-21-38(44(57)55(41)29-36)51-33-18-13-17-31(24-33)47(48,49)50/h5-11,13-20,22-25,27,32,36,38,41,51H,2-4,12,21,26,28-29H2,1H3,(H,53,56)(H,54,58)/b16-9-/t32-,36+,38-,41-,46+/m0/s1. The smallest absolute Gasteiger partial charge is 0.416 e. The average molecular weight is 834 g/mol. The zero-order valence-electron chi connectivity index (χ0n) is 33.5. The molecular weight excluding hydrogens is 788 g/mol. The molecule has 3 amide bonds. The second kappa shape index (κ2) is 17.6. The Balaban J connectivity index is 1.13. The first-order valence-corrected chi connectivity index (χ1v) is 20.5. The van der Waals surface area contributed by atoms with Crippen LogP contribution >= 0.6 is 0 Å². The van der Waals surface area contributed by atoms with Crippen molar-refractivity contribution in [3.63, 3.8) is 0 Å². The molecule has 1 aliphatic carbocycles. The van der Waals surface area contributed by atoms with E-state index in [0.29, 0.717) is 59.5 Å². The number of halogens is 3. The number of nitrogens with one attached hydrogen (secondary N) is 3. The Morgan fingerprint density at radius 1 is 0.902 bits per heavy atom. The highest BCUT2D eigenvalue weighted by Gasteiger charge is 2.61. The predicted octanol–water partition coefficient (Wildman–Crippen LogP) is 8.26. The molecule has 14 heteroatoms. The van der Waals surface area contributed by atoms with Crippen LogP contribution in [-0.2, 0) is 20.6 Å². The highest BCUT2D eigenvalue weighted by atomic mass is 19.4. The van der Waals surface area contributed by atoms with Crippen LogP contribution in [0.4, 0.5) is 18.9 Å². The molecule has 316 valence electrons. The first kappa shape index (κ1) is 41.2. The van der Waals surface area contributed by atoms with Crippen molar-refractivity contribution >= 4 is 34.3 Å². The van der Waals surface area contributed by atoms with Crippen molar-refractivity contribution in [1.82, 2.24) is 20.7 Å². The number of methoxy groups -OCH3 is 1. The van der Waals surface area contributed by atoms with Crippen LogP contribution in [0.5, 0.6) is 17.2 Å². The molecule has 5 aromatic rings. The number of hydroxylamine groups is 1. The molecule has 3 heterocycles. The second-order valence-corrected chi connectivity index (χ2v) is 15.7. The third-order valence-electron chi connectivity index (χ3n) is 11.5. The molecule has 2 aliphatic heterocycles. The van der Waals surface area contributed by atoms with Crippen molar-refractivity contribution in [1.29, 1.82) is 0 Å². The Labute approximate surface area is 351 Å². The van der Waals surface area contributed by atoms with Crippen LogP contribution in [0.2, 0.25) is 0 Å². The summed E-state index contributed by atoms with van der Waals surface area (Å²) >= 11 is 0. The molecule has 61 heavy (non-hydrogen) atoms. The number of hydrogen-bond acceptors (Lipinski definition) is 8. The van der Waals surface area contributed by atoms with E-state index in [2.05, 4.69) is 16.1 Å². The van der Waals surface area contributed by atoms with E-state index in [-0.39, 0.29) is 24.6 Å². The van der Waals surface area contributed by atoms with Gasteiger partial charge in [0.25, 0.3) is 5.91 Å². The van der Waals surface area contributed by atoms with Gasteiger partial charge in [0.05, 0.1) is 30.4 Å². The summed E-state index contributed by atoms with van der Waals surface area (Å²) in [5, 5.41) is 6.78. The van der Waals surface area contributed by atoms with Gasteiger partial charge in [-0.1, -0.05) is 79.6 Å². The Morgan fingerprint density at radius 2 is 1.69 bits per heavy atom. The van der Waals surface area contributed by atoms with Crippen LogP contribution in [0.1, 0.15) is 50.5 Å². The molecule has 1 saturated heterocycles. The van der Waals surface area contributed by atoms with Gasteiger partial charge in [-0.15, -0.1) is 0 Å². The molecule has 0 unspecified atom stereocenters. The molecule has 8 rings (SSSR count). The second-order valence-electron chi connectivity index (χ2n) is 15.7. The molecule has 4 aromatic carbocycles. The number of benzene rings is 4. The van der Waals surface area contributed by atoms with E-state index < -0.39 is 53.2 Å². The molecule has 0 radical (unpaired) electrons. The van der Waals surface area contributed by atoms with Crippen LogP contribution in [0.25, 0.3) is 22.2 Å². The van der Waals surface area contributed by atoms with E-state index in [1.165, 1.54) is 17.0 Å². The van der Waals surface area contributed by atoms with Crippen molar-refractivity contribution < 1.29 is 41.9 Å². The number of nitrogens with zero attached hydrogens (tertiary/aromatic N) is 2. The number of para-hydroxylation sites is 1. The number of amides is 3. The number of carbonyl (C=O) groups is 3. The van der Waals surface area contributed by atoms with Crippen LogP contribution in [0, 0.1) is 5.92 Å². The van der Waals surface area contributed by atoms with Crippen molar-refractivity contribution in [3.8, 4) is 28.5 Å². The summed E-state index contributed by atoms with van der Waals surface area (Å²) in [7, 11) is 1.57. The lowest BCUT2D eigenvalue weighted by molar-refractivity contribution is -0.141. The number of alkyl halides is 3. The molecule has 0 spiro atoms. The van der Waals surface area contributed by atoms with E-state index in [1.54, 1.807) is 43.5 Å². The number of carbonyl (C=O) groups excluding carboxylic acids is 3. The highest BCUT2D eigenvalue weighted by Crippen LogP contribution is 2.46. The summed E-state index contributed by atoms with van der Waals surface area (Å²) < 4.78 is 53.6. The minimum atomic E-state index is -4.59. The van der Waals surface area contributed by atoms with Gasteiger partial charge < -0.3 is 29.8 Å². The van der Waals surface area contributed by atoms with Crippen LogP contribution in [0.3, 0.4) is 0 Å². The number of hydrogen-bond donors (Lipinski definition) is 3. The normalized spacial score (nSPS) is 23.6. The van der Waals surface area contributed by atoms with Gasteiger partial charge >= 0.3 is 6.18 Å². The minimum Gasteiger partial charge on any atom is -0.497 e. The molecule has 1 aromatic heterocycles. The molecular formula is C47H46F3N5O6. The van der Waals surface area contributed by atoms with E-state index >= 15 is 0 Å². The summed E-state index contributed by atoms with van der Waals surface area (Å²) in [5.41, 5.74) is 2.55. The maximum absolute atomic E-state index is 14.9.